The highest BCUT2D eigenvalue weighted by Gasteiger charge is 2.06. The van der Waals surface area contributed by atoms with E-state index in [1.165, 1.54) is 30.5 Å². The highest BCUT2D eigenvalue weighted by atomic mass is 16.5. The molecule has 4 nitrogen and oxygen atoms in total. The first kappa shape index (κ1) is 9.98. The molecule has 3 rings (SSSR count). The molecule has 2 aromatic carbocycles. The number of rotatable bonds is 7. The second kappa shape index (κ2) is 8.02. The number of nitrogens with zero attached hydrogens (tertiary/aromatic N) is 1. The monoisotopic (exact) mass is 327 g/mol. The van der Waals surface area contributed by atoms with Gasteiger partial charge < -0.3 is 14.2 Å². The molecule has 0 N–H and O–H groups in total. The average molecular weight is 327 g/mol. The van der Waals surface area contributed by atoms with E-state index < -0.39 is 19.5 Å². The van der Waals surface area contributed by atoms with E-state index in [0.717, 1.165) is 0 Å². The van der Waals surface area contributed by atoms with Crippen LogP contribution in [-0.2, 0) is 0 Å². The van der Waals surface area contributed by atoms with E-state index in [1.54, 1.807) is 30.3 Å². The smallest absolute Gasteiger partial charge is 0.213 e. The van der Waals surface area contributed by atoms with Crippen LogP contribution >= 0.6 is 0 Å². The van der Waals surface area contributed by atoms with Crippen molar-refractivity contribution in [1.29, 1.82) is 0 Å². The van der Waals surface area contributed by atoms with Crippen LogP contribution in [0.2, 0.25) is 0 Å². The topological polar surface area (TPSA) is 40.6 Å². The Bertz CT molecular complexity index is 952. The van der Waals surface area contributed by atoms with Crippen LogP contribution in [-0.4, -0.2) is 17.6 Å². The Morgan fingerprint density at radius 2 is 1.67 bits per heavy atom. The molecule has 0 saturated heterocycles. The zero-order chi connectivity index (χ0) is 21.8. The fourth-order valence-corrected chi connectivity index (χ4v) is 1.84. The molecule has 4 heteroatoms. The van der Waals surface area contributed by atoms with Crippen molar-refractivity contribution in [3.8, 4) is 23.1 Å². The molecule has 0 spiro atoms. The van der Waals surface area contributed by atoms with E-state index in [9.17, 15) is 0 Å². The summed E-state index contributed by atoms with van der Waals surface area (Å²) in [6.45, 7) is -6.22. The van der Waals surface area contributed by atoms with Gasteiger partial charge in [0.25, 0.3) is 0 Å². The van der Waals surface area contributed by atoms with Crippen LogP contribution in [0.5, 0.6) is 23.1 Å². The maximum absolute atomic E-state index is 8.30. The fourth-order valence-electron chi connectivity index (χ4n) is 1.84. The van der Waals surface area contributed by atoms with Crippen molar-refractivity contribution in [3.63, 3.8) is 0 Å². The van der Waals surface area contributed by atoms with E-state index in [2.05, 4.69) is 4.98 Å². The van der Waals surface area contributed by atoms with Gasteiger partial charge in [0.05, 0.1) is 4.11 Å². The molecular weight excluding hydrogens is 302 g/mol. The molecule has 0 aliphatic carbocycles. The molecule has 1 atom stereocenters. The third kappa shape index (κ3) is 4.74. The molecule has 1 unspecified atom stereocenters. The van der Waals surface area contributed by atoms with E-state index in [0.29, 0.717) is 11.5 Å². The largest absolute Gasteiger partial charge is 0.490 e. The molecule has 3 aromatic rings. The molecule has 1 aromatic heterocycles. The number of ether oxygens (including phenoxy) is 3. The normalized spacial score (nSPS) is 17.7. The second-order valence-electron chi connectivity index (χ2n) is 4.69. The van der Waals surface area contributed by atoms with Crippen molar-refractivity contribution < 1.29 is 22.4 Å². The lowest BCUT2D eigenvalue weighted by molar-refractivity contribution is 0.138. The highest BCUT2D eigenvalue weighted by molar-refractivity contribution is 5.35. The SMILES string of the molecule is [2H]C([2H])([2H])C([2H])(Oc1ccccn1)C([2H])([2H])Oc1ccc(Oc2ccccc2)cc1. The standard InChI is InChI=1S/C20H19NO3/c1-16(23-20-9-5-6-14-21-20)15-22-17-10-12-19(13-11-17)24-18-7-3-2-4-8-18/h2-14,16H,15H2,1H3/i1D3,15D2,16D. The first-order chi connectivity index (χ1) is 14.1. The molecule has 0 aliphatic rings. The molecule has 0 fully saturated rings. The maximum Gasteiger partial charge on any atom is 0.213 e. The van der Waals surface area contributed by atoms with Gasteiger partial charge in [0.15, 0.2) is 0 Å². The van der Waals surface area contributed by atoms with E-state index >= 15 is 0 Å². The Morgan fingerprint density at radius 1 is 0.958 bits per heavy atom. The van der Waals surface area contributed by atoms with E-state index in [-0.39, 0.29) is 11.6 Å². The number of hydrogen-bond acceptors (Lipinski definition) is 4. The predicted molar refractivity (Wildman–Crippen MR) is 92.8 cm³/mol. The third-order valence-corrected chi connectivity index (χ3v) is 2.91. The Morgan fingerprint density at radius 3 is 2.38 bits per heavy atom. The van der Waals surface area contributed by atoms with Gasteiger partial charge in [0.2, 0.25) is 5.88 Å². The molecule has 1 heterocycles. The summed E-state index contributed by atoms with van der Waals surface area (Å²) in [6.07, 6.45) is -1.73. The summed E-state index contributed by atoms with van der Waals surface area (Å²) in [7, 11) is 0. The van der Waals surface area contributed by atoms with Gasteiger partial charge >= 0.3 is 0 Å². The predicted octanol–water partition coefficient (Wildman–Crippen LogP) is 4.72. The van der Waals surface area contributed by atoms with Crippen molar-refractivity contribution >= 4 is 0 Å². The fraction of sp³-hybridized carbons (Fsp3) is 0.150. The minimum Gasteiger partial charge on any atom is -0.490 e. The van der Waals surface area contributed by atoms with Gasteiger partial charge in [-0.2, -0.15) is 0 Å². The molecular formula is C20H19NO3. The number of para-hydroxylation sites is 1. The third-order valence-electron chi connectivity index (χ3n) is 2.91. The van der Waals surface area contributed by atoms with Crippen molar-refractivity contribution in [2.45, 2.75) is 12.9 Å². The zero-order valence-corrected chi connectivity index (χ0v) is 12.7. The van der Waals surface area contributed by atoms with Crippen LogP contribution in [0.3, 0.4) is 0 Å². The number of pyridine rings is 1. The average Bonchev–Trinajstić information content (AvgIpc) is 2.70. The molecule has 0 amide bonds. The van der Waals surface area contributed by atoms with Crippen LogP contribution in [0.1, 0.15) is 15.1 Å². The lowest BCUT2D eigenvalue weighted by Crippen LogP contribution is -2.21. The van der Waals surface area contributed by atoms with Crippen molar-refractivity contribution in [1.82, 2.24) is 4.98 Å². The van der Waals surface area contributed by atoms with Gasteiger partial charge in [-0.15, -0.1) is 0 Å². The Hall–Kier alpha value is -3.01. The summed E-state index contributed by atoms with van der Waals surface area (Å²) in [5, 5.41) is 0. The van der Waals surface area contributed by atoms with E-state index in [4.69, 9.17) is 22.4 Å². The summed E-state index contributed by atoms with van der Waals surface area (Å²) >= 11 is 0. The van der Waals surface area contributed by atoms with Crippen molar-refractivity contribution in [3.05, 3.63) is 79.0 Å². The summed E-state index contributed by atoms with van der Waals surface area (Å²) in [5.74, 6) is 0.901. The minimum atomic E-state index is -3.18. The summed E-state index contributed by atoms with van der Waals surface area (Å²) in [6, 6.07) is 19.4. The van der Waals surface area contributed by atoms with Crippen LogP contribution < -0.4 is 14.2 Å². The Balaban J connectivity index is 1.80. The first-order valence-electron chi connectivity index (χ1n) is 10.2. The maximum atomic E-state index is 8.30. The lowest BCUT2D eigenvalue weighted by atomic mass is 10.3. The minimum absolute atomic E-state index is 0.00547. The van der Waals surface area contributed by atoms with Gasteiger partial charge in [-0.3, -0.25) is 0 Å². The molecule has 0 radical (unpaired) electrons. The van der Waals surface area contributed by atoms with Gasteiger partial charge in [-0.1, -0.05) is 24.3 Å². The molecule has 0 aliphatic heterocycles. The van der Waals surface area contributed by atoms with Crippen LogP contribution in [0.25, 0.3) is 0 Å². The quantitative estimate of drug-likeness (QED) is 0.629. The summed E-state index contributed by atoms with van der Waals surface area (Å²) in [4.78, 5) is 3.82. The van der Waals surface area contributed by atoms with E-state index in [1.807, 2.05) is 18.2 Å². The molecule has 122 valence electrons. The summed E-state index contributed by atoms with van der Waals surface area (Å²) < 4.78 is 63.7. The first-order valence-corrected chi connectivity index (χ1v) is 7.23. The van der Waals surface area contributed by atoms with Crippen molar-refractivity contribution in [2.24, 2.45) is 0 Å². The Kier molecular flexibility index (Phi) is 3.33. The highest BCUT2D eigenvalue weighted by Crippen LogP contribution is 2.23. The lowest BCUT2D eigenvalue weighted by Gasteiger charge is -2.15. The van der Waals surface area contributed by atoms with Gasteiger partial charge in [0, 0.05) is 16.4 Å². The second-order valence-corrected chi connectivity index (χ2v) is 4.69. The molecule has 0 saturated carbocycles. The van der Waals surface area contributed by atoms with Gasteiger partial charge in [0.1, 0.15) is 29.9 Å². The molecule has 24 heavy (non-hydrogen) atoms. The van der Waals surface area contributed by atoms with Crippen molar-refractivity contribution in [2.75, 3.05) is 6.56 Å². The Labute approximate surface area is 150 Å². The molecule has 0 bridgehead atoms. The van der Waals surface area contributed by atoms with Gasteiger partial charge in [-0.05, 0) is 49.3 Å². The number of hydrogen-bond donors (Lipinski definition) is 0. The van der Waals surface area contributed by atoms with Crippen LogP contribution in [0.15, 0.2) is 79.0 Å². The number of aromatic nitrogens is 1. The van der Waals surface area contributed by atoms with Crippen LogP contribution in [0, 0.1) is 0 Å². The van der Waals surface area contributed by atoms with Gasteiger partial charge in [-0.25, -0.2) is 4.98 Å². The summed E-state index contributed by atoms with van der Waals surface area (Å²) in [5.41, 5.74) is 0. The zero-order valence-electron chi connectivity index (χ0n) is 18.7. The number of benzene rings is 2. The van der Waals surface area contributed by atoms with Crippen LogP contribution in [0.4, 0.5) is 0 Å².